The molecule has 0 bridgehead atoms. The molecule has 0 heterocycles. The Morgan fingerprint density at radius 3 is 2.77 bits per heavy atom. The third-order valence-corrected chi connectivity index (χ3v) is 1.91. The maximum atomic E-state index is 8.67. The minimum Gasteiger partial charge on any atom is -0.321 e. The molecule has 1 aromatic rings. The lowest BCUT2D eigenvalue weighted by Crippen LogP contribution is -2.06. The predicted octanol–water partition coefficient (Wildman–Crippen LogP) is 2.40. The van der Waals surface area contributed by atoms with Crippen LogP contribution in [0.5, 0.6) is 0 Å². The lowest BCUT2D eigenvalue weighted by molar-refractivity contribution is 0.914. The van der Waals surface area contributed by atoms with E-state index in [4.69, 9.17) is 22.6 Å². The molecular formula is C10H9ClN2. The summed E-state index contributed by atoms with van der Waals surface area (Å²) in [5.74, 6) is 0. The van der Waals surface area contributed by atoms with Crippen molar-refractivity contribution in [2.75, 3.05) is 0 Å². The average Bonchev–Trinajstić information content (AvgIpc) is 2.15. The molecule has 1 rings (SSSR count). The van der Waals surface area contributed by atoms with Gasteiger partial charge in [0.25, 0.3) is 0 Å². The van der Waals surface area contributed by atoms with Gasteiger partial charge in [0.1, 0.15) is 0 Å². The van der Waals surface area contributed by atoms with E-state index in [1.165, 1.54) is 0 Å². The van der Waals surface area contributed by atoms with Crippen LogP contribution in [0, 0.1) is 11.3 Å². The van der Waals surface area contributed by atoms with Gasteiger partial charge in [0, 0.05) is 11.1 Å². The van der Waals surface area contributed by atoms with E-state index in [0.29, 0.717) is 10.6 Å². The molecule has 1 unspecified atom stereocenters. The number of nitrogens with zero attached hydrogens (tertiary/aromatic N) is 1. The Balaban J connectivity index is 3.17. The van der Waals surface area contributed by atoms with Crippen molar-refractivity contribution in [2.24, 2.45) is 5.73 Å². The van der Waals surface area contributed by atoms with E-state index < -0.39 is 0 Å². The first kappa shape index (κ1) is 9.79. The molecule has 0 spiro atoms. The minimum atomic E-state index is -0.272. The summed E-state index contributed by atoms with van der Waals surface area (Å²) < 4.78 is 0. The van der Waals surface area contributed by atoms with E-state index in [-0.39, 0.29) is 6.04 Å². The standard InChI is InChI=1S/C10H9ClN2/c1-2-10(13)8-3-7(6-12)4-9(11)5-8/h2-5,10H,1,13H2. The minimum absolute atomic E-state index is 0.272. The summed E-state index contributed by atoms with van der Waals surface area (Å²) >= 11 is 5.79. The van der Waals surface area contributed by atoms with Gasteiger partial charge in [-0.05, 0) is 23.8 Å². The number of hydrogen-bond donors (Lipinski definition) is 1. The van der Waals surface area contributed by atoms with Crippen molar-refractivity contribution >= 4 is 11.6 Å². The lowest BCUT2D eigenvalue weighted by atomic mass is 10.1. The molecule has 0 aromatic heterocycles. The monoisotopic (exact) mass is 192 g/mol. The van der Waals surface area contributed by atoms with Crippen molar-refractivity contribution in [3.05, 3.63) is 47.0 Å². The van der Waals surface area contributed by atoms with Crippen molar-refractivity contribution in [1.82, 2.24) is 0 Å². The van der Waals surface area contributed by atoms with Crippen molar-refractivity contribution < 1.29 is 0 Å². The van der Waals surface area contributed by atoms with Crippen LogP contribution in [-0.4, -0.2) is 0 Å². The van der Waals surface area contributed by atoms with E-state index in [9.17, 15) is 0 Å². The first-order valence-corrected chi connectivity index (χ1v) is 4.14. The van der Waals surface area contributed by atoms with Gasteiger partial charge in [-0.15, -0.1) is 6.58 Å². The fraction of sp³-hybridized carbons (Fsp3) is 0.100. The number of nitrogens with two attached hydrogens (primary N) is 1. The quantitative estimate of drug-likeness (QED) is 0.732. The maximum absolute atomic E-state index is 8.67. The summed E-state index contributed by atoms with van der Waals surface area (Å²) in [5.41, 5.74) is 7.02. The summed E-state index contributed by atoms with van der Waals surface area (Å²) in [6.45, 7) is 3.57. The molecule has 66 valence electrons. The second kappa shape index (κ2) is 4.08. The summed E-state index contributed by atoms with van der Waals surface area (Å²) in [6, 6.07) is 6.78. The number of nitriles is 1. The summed E-state index contributed by atoms with van der Waals surface area (Å²) in [7, 11) is 0. The van der Waals surface area contributed by atoms with Gasteiger partial charge in [0.05, 0.1) is 11.6 Å². The molecular weight excluding hydrogens is 184 g/mol. The van der Waals surface area contributed by atoms with Crippen LogP contribution in [0.25, 0.3) is 0 Å². The van der Waals surface area contributed by atoms with Crippen molar-refractivity contribution in [1.29, 1.82) is 5.26 Å². The molecule has 13 heavy (non-hydrogen) atoms. The summed E-state index contributed by atoms with van der Waals surface area (Å²) in [5, 5.41) is 9.19. The molecule has 0 fully saturated rings. The third kappa shape index (κ3) is 2.32. The molecule has 0 amide bonds. The van der Waals surface area contributed by atoms with Crippen LogP contribution in [-0.2, 0) is 0 Å². The molecule has 0 radical (unpaired) electrons. The van der Waals surface area contributed by atoms with Gasteiger partial charge in [-0.2, -0.15) is 5.26 Å². The molecule has 2 N–H and O–H groups in total. The lowest BCUT2D eigenvalue weighted by Gasteiger charge is -2.06. The number of halogens is 1. The van der Waals surface area contributed by atoms with Crippen LogP contribution in [0.2, 0.25) is 5.02 Å². The zero-order valence-electron chi connectivity index (χ0n) is 7.00. The number of hydrogen-bond acceptors (Lipinski definition) is 2. The fourth-order valence-electron chi connectivity index (χ4n) is 1.01. The van der Waals surface area contributed by atoms with E-state index in [1.807, 2.05) is 6.07 Å². The van der Waals surface area contributed by atoms with Gasteiger partial charge < -0.3 is 5.73 Å². The highest BCUT2D eigenvalue weighted by molar-refractivity contribution is 6.30. The smallest absolute Gasteiger partial charge is 0.0992 e. The van der Waals surface area contributed by atoms with E-state index in [2.05, 4.69) is 6.58 Å². The SMILES string of the molecule is C=CC(N)c1cc(Cl)cc(C#N)c1. The van der Waals surface area contributed by atoms with Gasteiger partial charge in [-0.25, -0.2) is 0 Å². The largest absolute Gasteiger partial charge is 0.321 e. The fourth-order valence-corrected chi connectivity index (χ4v) is 1.25. The first-order chi connectivity index (χ1) is 6.17. The Kier molecular flexibility index (Phi) is 3.07. The van der Waals surface area contributed by atoms with Crippen LogP contribution in [0.4, 0.5) is 0 Å². The normalized spacial score (nSPS) is 11.8. The molecule has 1 atom stereocenters. The van der Waals surface area contributed by atoms with Crippen molar-refractivity contribution in [3.63, 3.8) is 0 Å². The maximum Gasteiger partial charge on any atom is 0.0992 e. The van der Waals surface area contributed by atoms with E-state index in [0.717, 1.165) is 5.56 Å². The van der Waals surface area contributed by atoms with Gasteiger partial charge in [0.15, 0.2) is 0 Å². The molecule has 0 aliphatic heterocycles. The molecule has 0 saturated carbocycles. The van der Waals surface area contributed by atoms with Crippen molar-refractivity contribution in [3.8, 4) is 6.07 Å². The third-order valence-electron chi connectivity index (χ3n) is 1.69. The molecule has 3 heteroatoms. The van der Waals surface area contributed by atoms with E-state index in [1.54, 1.807) is 24.3 Å². The van der Waals surface area contributed by atoms with Crippen LogP contribution in [0.3, 0.4) is 0 Å². The Hall–Kier alpha value is -1.30. The number of benzene rings is 1. The van der Waals surface area contributed by atoms with Crippen LogP contribution >= 0.6 is 11.6 Å². The average molecular weight is 193 g/mol. The van der Waals surface area contributed by atoms with E-state index >= 15 is 0 Å². The predicted molar refractivity (Wildman–Crippen MR) is 53.3 cm³/mol. The van der Waals surface area contributed by atoms with Crippen molar-refractivity contribution in [2.45, 2.75) is 6.04 Å². The highest BCUT2D eigenvalue weighted by atomic mass is 35.5. The van der Waals surface area contributed by atoms with Crippen LogP contribution in [0.15, 0.2) is 30.9 Å². The summed E-state index contributed by atoms with van der Waals surface area (Å²) in [6.07, 6.45) is 1.60. The second-order valence-corrected chi connectivity index (χ2v) is 3.08. The zero-order valence-corrected chi connectivity index (χ0v) is 7.75. The molecule has 2 nitrogen and oxygen atoms in total. The Morgan fingerprint density at radius 1 is 1.54 bits per heavy atom. The zero-order chi connectivity index (χ0) is 9.84. The first-order valence-electron chi connectivity index (χ1n) is 3.76. The number of rotatable bonds is 2. The second-order valence-electron chi connectivity index (χ2n) is 2.65. The molecule has 0 saturated heterocycles. The molecule has 0 aliphatic carbocycles. The topological polar surface area (TPSA) is 49.8 Å². The Morgan fingerprint density at radius 2 is 2.23 bits per heavy atom. The van der Waals surface area contributed by atoms with Gasteiger partial charge in [0.2, 0.25) is 0 Å². The highest BCUT2D eigenvalue weighted by Gasteiger charge is 2.04. The highest BCUT2D eigenvalue weighted by Crippen LogP contribution is 2.19. The molecule has 1 aromatic carbocycles. The van der Waals surface area contributed by atoms with Gasteiger partial charge in [-0.1, -0.05) is 17.7 Å². The Labute approximate surface area is 82.2 Å². The van der Waals surface area contributed by atoms with Crippen LogP contribution < -0.4 is 5.73 Å². The Bertz CT molecular complexity index is 366. The summed E-state index contributed by atoms with van der Waals surface area (Å²) in [4.78, 5) is 0. The van der Waals surface area contributed by atoms with Gasteiger partial charge in [-0.3, -0.25) is 0 Å². The van der Waals surface area contributed by atoms with Gasteiger partial charge >= 0.3 is 0 Å². The molecule has 0 aliphatic rings. The van der Waals surface area contributed by atoms with Crippen LogP contribution in [0.1, 0.15) is 17.2 Å².